The largest absolute Gasteiger partial charge is 0.489 e. The molecule has 1 aliphatic carbocycles. The molecule has 96 valence electrons. The molecule has 2 atom stereocenters. The van der Waals surface area contributed by atoms with Gasteiger partial charge >= 0.3 is 0 Å². The molecule has 0 amide bonds. The topological polar surface area (TPSA) is 33.0 Å². The van der Waals surface area contributed by atoms with Crippen molar-refractivity contribution in [1.29, 1.82) is 5.26 Å². The third kappa shape index (κ3) is 3.26. The fourth-order valence-electron chi connectivity index (χ4n) is 2.54. The van der Waals surface area contributed by atoms with E-state index >= 15 is 0 Å². The van der Waals surface area contributed by atoms with E-state index in [0.717, 1.165) is 31.4 Å². The molecule has 0 radical (unpaired) electrons. The summed E-state index contributed by atoms with van der Waals surface area (Å²) >= 11 is 0. The van der Waals surface area contributed by atoms with Gasteiger partial charge in [0.2, 0.25) is 0 Å². The van der Waals surface area contributed by atoms with E-state index in [0.29, 0.717) is 0 Å². The van der Waals surface area contributed by atoms with Crippen LogP contribution >= 0.6 is 0 Å². The Kier molecular flexibility index (Phi) is 4.64. The molecule has 2 nitrogen and oxygen atoms in total. The van der Waals surface area contributed by atoms with Crippen molar-refractivity contribution in [3.8, 4) is 11.8 Å². The summed E-state index contributed by atoms with van der Waals surface area (Å²) in [6.07, 6.45) is 6.67. The Hall–Kier alpha value is -1.49. The summed E-state index contributed by atoms with van der Waals surface area (Å²) in [6, 6.07) is 10.7. The number of nitrogens with zero attached hydrogens (tertiary/aromatic N) is 1. The molecule has 1 fully saturated rings. The summed E-state index contributed by atoms with van der Waals surface area (Å²) in [6.45, 7) is 2.15. The normalized spacial score (nSPS) is 24.0. The van der Waals surface area contributed by atoms with Gasteiger partial charge in [-0.3, -0.25) is 0 Å². The number of benzene rings is 1. The van der Waals surface area contributed by atoms with E-state index in [-0.39, 0.29) is 12.0 Å². The predicted octanol–water partition coefficient (Wildman–Crippen LogP) is 4.10. The van der Waals surface area contributed by atoms with Crippen LogP contribution in [0.5, 0.6) is 5.75 Å². The SMILES string of the molecule is CCc1ccc(OC2CCCCCC2C#N)cc1. The smallest absolute Gasteiger partial charge is 0.119 e. The average molecular weight is 243 g/mol. The van der Waals surface area contributed by atoms with Gasteiger partial charge in [0.05, 0.1) is 12.0 Å². The minimum atomic E-state index is 0.0540. The van der Waals surface area contributed by atoms with E-state index in [9.17, 15) is 5.26 Å². The molecule has 0 saturated heterocycles. The predicted molar refractivity (Wildman–Crippen MR) is 72.4 cm³/mol. The summed E-state index contributed by atoms with van der Waals surface area (Å²) in [7, 11) is 0. The molecular weight excluding hydrogens is 222 g/mol. The number of hydrogen-bond acceptors (Lipinski definition) is 2. The highest BCUT2D eigenvalue weighted by molar-refractivity contribution is 5.27. The van der Waals surface area contributed by atoms with Gasteiger partial charge in [-0.2, -0.15) is 5.26 Å². The lowest BCUT2D eigenvalue weighted by Gasteiger charge is -2.21. The van der Waals surface area contributed by atoms with Gasteiger partial charge in [-0.15, -0.1) is 0 Å². The minimum Gasteiger partial charge on any atom is -0.489 e. The maximum absolute atomic E-state index is 9.22. The molecule has 1 saturated carbocycles. The van der Waals surface area contributed by atoms with E-state index in [1.807, 2.05) is 12.1 Å². The quantitative estimate of drug-likeness (QED) is 0.749. The Morgan fingerprint density at radius 3 is 2.56 bits per heavy atom. The van der Waals surface area contributed by atoms with Gasteiger partial charge in [0.15, 0.2) is 0 Å². The molecule has 0 bridgehead atoms. The van der Waals surface area contributed by atoms with Gasteiger partial charge in [-0.1, -0.05) is 31.9 Å². The van der Waals surface area contributed by atoms with Crippen molar-refractivity contribution < 1.29 is 4.74 Å². The lowest BCUT2D eigenvalue weighted by Crippen LogP contribution is -2.24. The molecule has 0 N–H and O–H groups in total. The number of rotatable bonds is 3. The zero-order chi connectivity index (χ0) is 12.8. The number of nitriles is 1. The standard InChI is InChI=1S/C16H21NO/c1-2-13-8-10-15(11-9-13)18-16-7-5-3-4-6-14(16)12-17/h8-11,14,16H,2-7H2,1H3. The summed E-state index contributed by atoms with van der Waals surface area (Å²) in [5, 5.41) is 9.22. The van der Waals surface area contributed by atoms with E-state index < -0.39 is 0 Å². The molecule has 2 heteroatoms. The van der Waals surface area contributed by atoms with Gasteiger partial charge in [0.1, 0.15) is 11.9 Å². The maximum Gasteiger partial charge on any atom is 0.119 e. The molecule has 1 aromatic rings. The Morgan fingerprint density at radius 2 is 1.89 bits per heavy atom. The van der Waals surface area contributed by atoms with Gasteiger partial charge in [0, 0.05) is 0 Å². The Bertz CT molecular complexity index is 404. The summed E-state index contributed by atoms with van der Waals surface area (Å²) < 4.78 is 6.02. The van der Waals surface area contributed by atoms with Crippen molar-refractivity contribution in [2.24, 2.45) is 5.92 Å². The third-order valence-corrected chi connectivity index (χ3v) is 3.74. The zero-order valence-corrected chi connectivity index (χ0v) is 11.1. The highest BCUT2D eigenvalue weighted by Gasteiger charge is 2.25. The van der Waals surface area contributed by atoms with E-state index in [2.05, 4.69) is 25.1 Å². The number of ether oxygens (including phenoxy) is 1. The Balaban J connectivity index is 2.03. The number of hydrogen-bond donors (Lipinski definition) is 0. The third-order valence-electron chi connectivity index (χ3n) is 3.74. The summed E-state index contributed by atoms with van der Waals surface area (Å²) in [4.78, 5) is 0. The first-order valence-corrected chi connectivity index (χ1v) is 6.98. The lowest BCUT2D eigenvalue weighted by atomic mass is 9.99. The van der Waals surface area contributed by atoms with Crippen LogP contribution in [0.25, 0.3) is 0 Å². The second-order valence-corrected chi connectivity index (χ2v) is 5.03. The fourth-order valence-corrected chi connectivity index (χ4v) is 2.54. The van der Waals surface area contributed by atoms with Crippen molar-refractivity contribution in [1.82, 2.24) is 0 Å². The first kappa shape index (κ1) is 13.0. The van der Waals surface area contributed by atoms with E-state index in [1.54, 1.807) is 0 Å². The van der Waals surface area contributed by atoms with Crippen LogP contribution in [0.4, 0.5) is 0 Å². The molecule has 0 heterocycles. The van der Waals surface area contributed by atoms with Crippen LogP contribution in [0.1, 0.15) is 44.6 Å². The molecule has 1 aliphatic rings. The van der Waals surface area contributed by atoms with Crippen LogP contribution in [0.15, 0.2) is 24.3 Å². The first-order chi connectivity index (χ1) is 8.83. The van der Waals surface area contributed by atoms with Crippen LogP contribution in [0, 0.1) is 17.2 Å². The minimum absolute atomic E-state index is 0.0540. The monoisotopic (exact) mass is 243 g/mol. The van der Waals surface area contributed by atoms with Gasteiger partial charge < -0.3 is 4.74 Å². The highest BCUT2D eigenvalue weighted by atomic mass is 16.5. The Labute approximate surface area is 110 Å². The van der Waals surface area contributed by atoms with Crippen molar-refractivity contribution >= 4 is 0 Å². The zero-order valence-electron chi connectivity index (χ0n) is 11.1. The highest BCUT2D eigenvalue weighted by Crippen LogP contribution is 2.27. The lowest BCUT2D eigenvalue weighted by molar-refractivity contribution is 0.152. The average Bonchev–Trinajstić information content (AvgIpc) is 2.64. The molecule has 18 heavy (non-hydrogen) atoms. The second-order valence-electron chi connectivity index (χ2n) is 5.03. The first-order valence-electron chi connectivity index (χ1n) is 6.98. The van der Waals surface area contributed by atoms with Crippen LogP contribution in [-0.4, -0.2) is 6.10 Å². The second kappa shape index (κ2) is 6.44. The van der Waals surface area contributed by atoms with Crippen LogP contribution in [0.3, 0.4) is 0 Å². The van der Waals surface area contributed by atoms with Crippen molar-refractivity contribution in [2.45, 2.75) is 51.6 Å². The number of aryl methyl sites for hydroxylation is 1. The molecule has 2 unspecified atom stereocenters. The van der Waals surface area contributed by atoms with Crippen LogP contribution in [-0.2, 0) is 6.42 Å². The van der Waals surface area contributed by atoms with Gasteiger partial charge in [0.25, 0.3) is 0 Å². The maximum atomic E-state index is 9.22. The van der Waals surface area contributed by atoms with Crippen molar-refractivity contribution in [2.75, 3.05) is 0 Å². The summed E-state index contributed by atoms with van der Waals surface area (Å²) in [5.74, 6) is 0.956. The molecule has 0 spiro atoms. The summed E-state index contributed by atoms with van der Waals surface area (Å²) in [5.41, 5.74) is 1.32. The fraction of sp³-hybridized carbons (Fsp3) is 0.562. The van der Waals surface area contributed by atoms with Gasteiger partial charge in [-0.25, -0.2) is 0 Å². The Morgan fingerprint density at radius 1 is 1.17 bits per heavy atom. The van der Waals surface area contributed by atoms with E-state index in [1.165, 1.54) is 18.4 Å². The van der Waals surface area contributed by atoms with Crippen LogP contribution in [0.2, 0.25) is 0 Å². The van der Waals surface area contributed by atoms with Crippen LogP contribution < -0.4 is 4.74 Å². The molecular formula is C16H21NO. The van der Waals surface area contributed by atoms with Crippen molar-refractivity contribution in [3.05, 3.63) is 29.8 Å². The molecule has 0 aliphatic heterocycles. The molecule has 0 aromatic heterocycles. The van der Waals surface area contributed by atoms with Crippen molar-refractivity contribution in [3.63, 3.8) is 0 Å². The molecule has 2 rings (SSSR count). The molecule has 1 aromatic carbocycles. The van der Waals surface area contributed by atoms with E-state index in [4.69, 9.17) is 4.74 Å². The van der Waals surface area contributed by atoms with Gasteiger partial charge in [-0.05, 0) is 43.4 Å².